The van der Waals surface area contributed by atoms with Crippen molar-refractivity contribution < 1.29 is 9.53 Å². The van der Waals surface area contributed by atoms with Crippen LogP contribution in [0.4, 0.5) is 4.79 Å². The van der Waals surface area contributed by atoms with Gasteiger partial charge in [-0.3, -0.25) is 0 Å². The van der Waals surface area contributed by atoms with Crippen LogP contribution in [0, 0.1) is 6.92 Å². The first kappa shape index (κ1) is 27.7. The van der Waals surface area contributed by atoms with E-state index < -0.39 is 11.7 Å². The number of guanidine groups is 1. The Labute approximate surface area is 207 Å². The van der Waals surface area contributed by atoms with Crippen LogP contribution >= 0.6 is 24.0 Å². The van der Waals surface area contributed by atoms with Crippen molar-refractivity contribution in [3.63, 3.8) is 0 Å². The Balaban J connectivity index is 0.00000512. The van der Waals surface area contributed by atoms with Crippen molar-refractivity contribution in [2.45, 2.75) is 59.2 Å². The number of alkyl carbamates (subject to hydrolysis) is 1. The zero-order valence-electron chi connectivity index (χ0n) is 19.8. The fraction of sp³-hybridized carbons (Fsp3) is 0.545. The molecular weight excluding hydrogens is 521 g/mol. The minimum Gasteiger partial charge on any atom is -0.444 e. The predicted molar refractivity (Wildman–Crippen MR) is 137 cm³/mol. The van der Waals surface area contributed by atoms with E-state index in [4.69, 9.17) is 4.74 Å². The minimum atomic E-state index is -0.502. The van der Waals surface area contributed by atoms with Crippen LogP contribution in [0.5, 0.6) is 0 Å². The number of rotatable bonds is 8. The molecule has 3 N–H and O–H groups in total. The van der Waals surface area contributed by atoms with Crippen LogP contribution in [0.3, 0.4) is 0 Å². The van der Waals surface area contributed by atoms with E-state index in [2.05, 4.69) is 50.2 Å². The van der Waals surface area contributed by atoms with Crippen LogP contribution in [0.25, 0.3) is 0 Å². The van der Waals surface area contributed by atoms with E-state index in [1.807, 2.05) is 57.5 Å². The maximum Gasteiger partial charge on any atom is 0.407 e. The monoisotopic (exact) mass is 557 g/mol. The third-order valence-corrected chi connectivity index (χ3v) is 4.53. The van der Waals surface area contributed by atoms with E-state index in [0.717, 1.165) is 23.6 Å². The summed E-state index contributed by atoms with van der Waals surface area (Å²) in [6.45, 7) is 11.1. The molecule has 0 fully saturated rings. The summed E-state index contributed by atoms with van der Waals surface area (Å²) in [5, 5.41) is 17.8. The smallest absolute Gasteiger partial charge is 0.407 e. The SMILES string of the molecule is Cc1nnc(CN=C(NCCCNC(=O)OC(C)(C)C)NC(C)c2ccccc2)n1C.I. The Hall–Kier alpha value is -2.37. The van der Waals surface area contributed by atoms with Gasteiger partial charge in [0.1, 0.15) is 18.0 Å². The average molecular weight is 557 g/mol. The molecule has 1 amide bonds. The van der Waals surface area contributed by atoms with Crippen molar-refractivity contribution in [3.05, 3.63) is 47.5 Å². The molecule has 0 saturated heterocycles. The van der Waals surface area contributed by atoms with Gasteiger partial charge in [-0.05, 0) is 46.6 Å². The predicted octanol–water partition coefficient (Wildman–Crippen LogP) is 3.45. The lowest BCUT2D eigenvalue weighted by Gasteiger charge is -2.20. The molecule has 0 radical (unpaired) electrons. The Morgan fingerprint density at radius 3 is 2.41 bits per heavy atom. The first-order chi connectivity index (χ1) is 14.7. The number of halogens is 1. The van der Waals surface area contributed by atoms with Crippen molar-refractivity contribution >= 4 is 36.0 Å². The van der Waals surface area contributed by atoms with Gasteiger partial charge < -0.3 is 25.3 Å². The standard InChI is InChI=1S/C22H35N7O2.HI/c1-16(18-11-8-7-9-12-18)26-20(25-15-19-28-27-17(2)29(19)6)23-13-10-14-24-21(30)31-22(3,4)5;/h7-9,11-12,16H,10,13-15H2,1-6H3,(H,24,30)(H2,23,25,26);1H. The van der Waals surface area contributed by atoms with Crippen molar-refractivity contribution in [2.75, 3.05) is 13.1 Å². The second kappa shape index (κ2) is 13.2. The van der Waals surface area contributed by atoms with Gasteiger partial charge in [-0.15, -0.1) is 34.2 Å². The summed E-state index contributed by atoms with van der Waals surface area (Å²) < 4.78 is 7.17. The molecule has 0 aliphatic carbocycles. The fourth-order valence-corrected chi connectivity index (χ4v) is 2.72. The van der Waals surface area contributed by atoms with Crippen molar-refractivity contribution in [2.24, 2.45) is 12.0 Å². The van der Waals surface area contributed by atoms with Crippen LogP contribution in [-0.2, 0) is 18.3 Å². The number of ether oxygens (including phenoxy) is 1. The van der Waals surface area contributed by atoms with Gasteiger partial charge in [0, 0.05) is 20.1 Å². The molecule has 32 heavy (non-hydrogen) atoms. The fourth-order valence-electron chi connectivity index (χ4n) is 2.72. The first-order valence-corrected chi connectivity index (χ1v) is 10.6. The average Bonchev–Trinajstić information content (AvgIpc) is 3.02. The van der Waals surface area contributed by atoms with Crippen molar-refractivity contribution in [1.82, 2.24) is 30.7 Å². The van der Waals surface area contributed by atoms with Gasteiger partial charge in [0.2, 0.25) is 0 Å². The molecule has 2 rings (SSSR count). The van der Waals surface area contributed by atoms with E-state index in [9.17, 15) is 4.79 Å². The van der Waals surface area contributed by atoms with Crippen LogP contribution in [-0.4, -0.2) is 45.5 Å². The lowest BCUT2D eigenvalue weighted by Crippen LogP contribution is -2.40. The van der Waals surface area contributed by atoms with Gasteiger partial charge in [-0.1, -0.05) is 30.3 Å². The molecule has 0 aliphatic heterocycles. The normalized spacial score (nSPS) is 12.5. The molecule has 1 aromatic carbocycles. The Bertz CT molecular complexity index is 863. The molecule has 2 aromatic rings. The number of benzene rings is 1. The summed E-state index contributed by atoms with van der Waals surface area (Å²) in [4.78, 5) is 16.4. The number of nitrogens with zero attached hydrogens (tertiary/aromatic N) is 4. The molecule has 9 nitrogen and oxygen atoms in total. The van der Waals surface area contributed by atoms with E-state index in [1.54, 1.807) is 0 Å². The molecule has 1 heterocycles. The molecule has 1 aromatic heterocycles. The second-order valence-corrected chi connectivity index (χ2v) is 8.37. The highest BCUT2D eigenvalue weighted by Gasteiger charge is 2.15. The minimum absolute atomic E-state index is 0. The van der Waals surface area contributed by atoms with E-state index in [-0.39, 0.29) is 30.0 Å². The van der Waals surface area contributed by atoms with Gasteiger partial charge in [0.05, 0.1) is 6.04 Å². The Morgan fingerprint density at radius 2 is 1.81 bits per heavy atom. The largest absolute Gasteiger partial charge is 0.444 e. The topological polar surface area (TPSA) is 105 Å². The molecule has 0 saturated carbocycles. The van der Waals surface area contributed by atoms with Gasteiger partial charge in [0.25, 0.3) is 0 Å². The Morgan fingerprint density at radius 1 is 1.16 bits per heavy atom. The Kier molecular flexibility index (Phi) is 11.4. The number of nitrogens with one attached hydrogen (secondary N) is 3. The number of hydrogen-bond acceptors (Lipinski definition) is 5. The molecule has 10 heteroatoms. The van der Waals surface area contributed by atoms with Crippen LogP contribution in [0.1, 0.15) is 57.4 Å². The van der Waals surface area contributed by atoms with Crippen LogP contribution in [0.15, 0.2) is 35.3 Å². The van der Waals surface area contributed by atoms with Crippen LogP contribution in [0.2, 0.25) is 0 Å². The molecule has 1 unspecified atom stereocenters. The number of hydrogen-bond donors (Lipinski definition) is 3. The van der Waals surface area contributed by atoms with Gasteiger partial charge in [-0.25, -0.2) is 9.79 Å². The summed E-state index contributed by atoms with van der Waals surface area (Å²) in [6.07, 6.45) is 0.317. The van der Waals surface area contributed by atoms with Gasteiger partial charge in [-0.2, -0.15) is 0 Å². The summed E-state index contributed by atoms with van der Waals surface area (Å²) in [6, 6.07) is 10.3. The molecule has 1 atom stereocenters. The summed E-state index contributed by atoms with van der Waals surface area (Å²) >= 11 is 0. The highest BCUT2D eigenvalue weighted by molar-refractivity contribution is 14.0. The molecule has 0 aliphatic rings. The second-order valence-electron chi connectivity index (χ2n) is 8.37. The maximum absolute atomic E-state index is 11.7. The number of carbonyl (C=O) groups is 1. The van der Waals surface area contributed by atoms with Crippen molar-refractivity contribution in [1.29, 1.82) is 0 Å². The molecule has 0 spiro atoms. The lowest BCUT2D eigenvalue weighted by atomic mass is 10.1. The number of aromatic nitrogens is 3. The van der Waals surface area contributed by atoms with E-state index >= 15 is 0 Å². The van der Waals surface area contributed by atoms with E-state index in [0.29, 0.717) is 25.6 Å². The number of aryl methyl sites for hydroxylation is 1. The lowest BCUT2D eigenvalue weighted by molar-refractivity contribution is 0.0527. The number of aliphatic imine (C=N–C) groups is 1. The maximum atomic E-state index is 11.7. The third kappa shape index (κ3) is 9.84. The summed E-state index contributed by atoms with van der Waals surface area (Å²) in [5.74, 6) is 2.31. The van der Waals surface area contributed by atoms with Gasteiger partial charge in [0.15, 0.2) is 11.8 Å². The van der Waals surface area contributed by atoms with E-state index in [1.165, 1.54) is 0 Å². The quantitative estimate of drug-likeness (QED) is 0.199. The summed E-state index contributed by atoms with van der Waals surface area (Å²) in [5.41, 5.74) is 0.663. The number of carbonyl (C=O) groups excluding carboxylic acids is 1. The first-order valence-electron chi connectivity index (χ1n) is 10.6. The molecular formula is C22H36IN7O2. The molecule has 0 bridgehead atoms. The van der Waals surface area contributed by atoms with Gasteiger partial charge >= 0.3 is 6.09 Å². The van der Waals surface area contributed by atoms with Crippen LogP contribution < -0.4 is 16.0 Å². The highest BCUT2D eigenvalue weighted by atomic mass is 127. The third-order valence-electron chi connectivity index (χ3n) is 4.53. The molecule has 178 valence electrons. The highest BCUT2D eigenvalue weighted by Crippen LogP contribution is 2.11. The summed E-state index contributed by atoms with van der Waals surface area (Å²) in [7, 11) is 1.93. The zero-order valence-corrected chi connectivity index (χ0v) is 22.1. The van der Waals surface area contributed by atoms with Crippen molar-refractivity contribution in [3.8, 4) is 0 Å². The zero-order chi connectivity index (χ0) is 22.9. The number of amides is 1.